The van der Waals surface area contributed by atoms with Crippen molar-refractivity contribution in [2.45, 2.75) is 92.6 Å². The highest BCUT2D eigenvalue weighted by atomic mass is 35.5. The molecule has 348 valence electrons. The lowest BCUT2D eigenvalue weighted by Crippen LogP contribution is -2.27. The van der Waals surface area contributed by atoms with E-state index in [0.29, 0.717) is 27.0 Å². The van der Waals surface area contributed by atoms with Crippen LogP contribution in [-0.2, 0) is 0 Å². The van der Waals surface area contributed by atoms with Crippen LogP contribution >= 0.6 is 46.9 Å². The van der Waals surface area contributed by atoms with Crippen molar-refractivity contribution >= 4 is 46.9 Å². The number of piperidine rings is 3. The summed E-state index contributed by atoms with van der Waals surface area (Å²) in [6.07, 6.45) is 5.64. The molecule has 6 aromatic rings. The van der Waals surface area contributed by atoms with Gasteiger partial charge in [-0.3, -0.25) is 0 Å². The van der Waals surface area contributed by atoms with Crippen LogP contribution in [0.1, 0.15) is 78.5 Å². The number of halogens is 6. The van der Waals surface area contributed by atoms with Crippen LogP contribution in [0.15, 0.2) is 145 Å². The second-order valence-electron chi connectivity index (χ2n) is 16.5. The summed E-state index contributed by atoms with van der Waals surface area (Å²) in [7, 11) is 1.50. The first-order chi connectivity index (χ1) is 32.1. The second-order valence-corrected chi connectivity index (χ2v) is 20.2. The molecule has 0 spiro atoms. The average Bonchev–Trinajstić information content (AvgIpc) is 3.33. The molecule has 3 fully saturated rings. The summed E-state index contributed by atoms with van der Waals surface area (Å²) in [5.74, 6) is 0.119. The molecule has 0 atom stereocenters. The van der Waals surface area contributed by atoms with Gasteiger partial charge in [-0.1, -0.05) is 71.2 Å². The van der Waals surface area contributed by atoms with E-state index in [1.165, 1.54) is 54.9 Å². The lowest BCUT2D eigenvalue weighted by Gasteiger charge is -2.25. The van der Waals surface area contributed by atoms with Crippen molar-refractivity contribution in [3.63, 3.8) is 0 Å². The van der Waals surface area contributed by atoms with Crippen LogP contribution in [0.5, 0.6) is 5.75 Å². The first kappa shape index (κ1) is 49.9. The standard InChI is InChI=1S/C18H19F2NOS.C18H19F2NS.C17H17ClFNS/c1-22-13-5-6-16(15(20)11-13)23-17-4-2-3-14(19)18(17)12-7-9-21-10-8-12;1-12-5-6-16(15(20)11-12)22-17-4-2-3-14(19)18(17)13-7-9-21-10-8-13;18-13-4-6-14(7-5-13)21-16-3-1-2-15(19)17(16)12-8-10-20-11-9-12/h2-6,11-12,21H,7-10H2,1H3;2-6,11,13,21H,7-10H2,1H3;1-7,12,20H,8-11H2. The normalized spacial score (nSPS) is 15.9. The molecule has 0 aromatic heterocycles. The first-order valence-electron chi connectivity index (χ1n) is 22.4. The average molecular weight is 977 g/mol. The van der Waals surface area contributed by atoms with Gasteiger partial charge in [-0.05, 0) is 193 Å². The van der Waals surface area contributed by atoms with E-state index in [-0.39, 0.29) is 40.9 Å². The van der Waals surface area contributed by atoms with Gasteiger partial charge in [0.2, 0.25) is 0 Å². The third kappa shape index (κ3) is 13.6. The summed E-state index contributed by atoms with van der Waals surface area (Å²) in [5.41, 5.74) is 3.22. The summed E-state index contributed by atoms with van der Waals surface area (Å²) >= 11 is 10.1. The third-order valence-corrected chi connectivity index (χ3v) is 15.6. The lowest BCUT2D eigenvalue weighted by molar-refractivity contribution is 0.410. The minimum absolute atomic E-state index is 0.0825. The van der Waals surface area contributed by atoms with Crippen molar-refractivity contribution in [1.82, 2.24) is 16.0 Å². The number of rotatable bonds is 10. The highest BCUT2D eigenvalue weighted by Gasteiger charge is 2.25. The van der Waals surface area contributed by atoms with Gasteiger partial charge in [-0.15, -0.1) is 0 Å². The van der Waals surface area contributed by atoms with E-state index >= 15 is 0 Å². The molecule has 3 N–H and O–H groups in total. The number of methoxy groups -OCH3 is 1. The summed E-state index contributed by atoms with van der Waals surface area (Å²) < 4.78 is 76.4. The summed E-state index contributed by atoms with van der Waals surface area (Å²) in [4.78, 5) is 4.75. The predicted octanol–water partition coefficient (Wildman–Crippen LogP) is 14.6. The number of ether oxygens (including phenoxy) is 1. The topological polar surface area (TPSA) is 45.3 Å². The van der Waals surface area contributed by atoms with Crippen molar-refractivity contribution in [3.8, 4) is 5.75 Å². The zero-order valence-electron chi connectivity index (χ0n) is 37.1. The smallest absolute Gasteiger partial charge is 0.140 e. The molecule has 6 aromatic carbocycles. The van der Waals surface area contributed by atoms with Gasteiger partial charge in [-0.25, -0.2) is 22.0 Å². The Morgan fingerprint density at radius 3 is 1.24 bits per heavy atom. The van der Waals surface area contributed by atoms with E-state index in [2.05, 4.69) is 16.0 Å². The minimum atomic E-state index is -0.352. The van der Waals surface area contributed by atoms with Crippen molar-refractivity contribution < 1.29 is 26.7 Å². The van der Waals surface area contributed by atoms with E-state index in [4.69, 9.17) is 16.3 Å². The van der Waals surface area contributed by atoms with Gasteiger partial charge in [0.25, 0.3) is 0 Å². The molecule has 0 radical (unpaired) electrons. The van der Waals surface area contributed by atoms with Crippen LogP contribution in [0.2, 0.25) is 5.02 Å². The molecule has 3 saturated heterocycles. The SMILES string of the molecule is COc1ccc(Sc2cccc(F)c2C2CCNCC2)c(F)c1.Cc1ccc(Sc2cccc(F)c2C2CCNCC2)c(F)c1.Fc1cccc(Sc2ccc(Cl)cc2)c1C1CCNCC1. The Balaban J connectivity index is 0.000000147. The van der Waals surface area contributed by atoms with Gasteiger partial charge in [0, 0.05) is 57.2 Å². The number of aryl methyl sites for hydroxylation is 1. The Morgan fingerprint density at radius 1 is 0.455 bits per heavy atom. The highest BCUT2D eigenvalue weighted by Crippen LogP contribution is 2.42. The van der Waals surface area contributed by atoms with Crippen LogP contribution in [0, 0.1) is 36.0 Å². The molecule has 4 nitrogen and oxygen atoms in total. The number of hydrogen-bond acceptors (Lipinski definition) is 7. The third-order valence-electron chi connectivity index (χ3n) is 12.0. The van der Waals surface area contributed by atoms with Gasteiger partial charge in [-0.2, -0.15) is 0 Å². The number of nitrogens with one attached hydrogen (secondary N) is 3. The Labute approximate surface area is 403 Å². The van der Waals surface area contributed by atoms with Crippen LogP contribution in [0.4, 0.5) is 22.0 Å². The first-order valence-corrected chi connectivity index (χ1v) is 25.3. The maximum absolute atomic E-state index is 14.4. The van der Waals surface area contributed by atoms with Crippen molar-refractivity contribution in [1.29, 1.82) is 0 Å². The molecule has 0 aliphatic carbocycles. The van der Waals surface area contributed by atoms with E-state index in [9.17, 15) is 22.0 Å². The molecule has 9 rings (SSSR count). The molecular formula is C53H55ClF5N3OS3. The van der Waals surface area contributed by atoms with Crippen LogP contribution in [0.3, 0.4) is 0 Å². The molecule has 3 aliphatic heterocycles. The highest BCUT2D eigenvalue weighted by molar-refractivity contribution is 8.00. The van der Waals surface area contributed by atoms with Gasteiger partial charge >= 0.3 is 0 Å². The molecule has 0 unspecified atom stereocenters. The van der Waals surface area contributed by atoms with Gasteiger partial charge in [0.05, 0.1) is 7.11 Å². The molecule has 66 heavy (non-hydrogen) atoms. The fraction of sp³-hybridized carbons (Fsp3) is 0.321. The van der Waals surface area contributed by atoms with Gasteiger partial charge < -0.3 is 20.7 Å². The zero-order valence-corrected chi connectivity index (χ0v) is 40.3. The van der Waals surface area contributed by atoms with Gasteiger partial charge in [0.1, 0.15) is 34.8 Å². The summed E-state index contributed by atoms with van der Waals surface area (Å²) in [6.45, 7) is 7.37. The van der Waals surface area contributed by atoms with E-state index in [1.54, 1.807) is 54.2 Å². The van der Waals surface area contributed by atoms with Crippen molar-refractivity contribution in [3.05, 3.63) is 172 Å². The molecular weight excluding hydrogens is 921 g/mol. The van der Waals surface area contributed by atoms with Crippen LogP contribution in [0.25, 0.3) is 0 Å². The van der Waals surface area contributed by atoms with Gasteiger partial charge in [0.15, 0.2) is 0 Å². The molecule has 0 bridgehead atoms. The maximum Gasteiger partial charge on any atom is 0.140 e. The zero-order chi connectivity index (χ0) is 46.4. The lowest BCUT2D eigenvalue weighted by atomic mass is 9.90. The maximum atomic E-state index is 14.4. The van der Waals surface area contributed by atoms with Crippen LogP contribution < -0.4 is 20.7 Å². The summed E-state index contributed by atoms with van der Waals surface area (Å²) in [6, 6.07) is 33.1. The monoisotopic (exact) mass is 975 g/mol. The predicted molar refractivity (Wildman–Crippen MR) is 262 cm³/mol. The van der Waals surface area contributed by atoms with E-state index in [1.807, 2.05) is 55.5 Å². The Kier molecular flexibility index (Phi) is 18.8. The molecule has 0 amide bonds. The largest absolute Gasteiger partial charge is 0.497 e. The Morgan fingerprint density at radius 2 is 0.848 bits per heavy atom. The molecule has 3 aliphatic rings. The Hall–Kier alpha value is -4.01. The van der Waals surface area contributed by atoms with Crippen LogP contribution in [-0.4, -0.2) is 46.4 Å². The minimum Gasteiger partial charge on any atom is -0.497 e. The summed E-state index contributed by atoms with van der Waals surface area (Å²) in [5, 5.41) is 10.6. The number of hydrogen-bond donors (Lipinski definition) is 3. The van der Waals surface area contributed by atoms with Crippen molar-refractivity contribution in [2.24, 2.45) is 0 Å². The Bertz CT molecular complexity index is 2510. The second kappa shape index (κ2) is 24.8. The molecule has 3 heterocycles. The van der Waals surface area contributed by atoms with E-state index in [0.717, 1.165) is 119 Å². The number of benzene rings is 6. The molecule has 0 saturated carbocycles. The fourth-order valence-electron chi connectivity index (χ4n) is 8.59. The van der Waals surface area contributed by atoms with Crippen molar-refractivity contribution in [2.75, 3.05) is 46.4 Å². The molecule has 13 heteroatoms. The van der Waals surface area contributed by atoms with E-state index < -0.39 is 0 Å². The fourth-order valence-corrected chi connectivity index (χ4v) is 11.9. The quantitative estimate of drug-likeness (QED) is 0.118.